The highest BCUT2D eigenvalue weighted by Crippen LogP contribution is 2.16. The zero-order valence-electron chi connectivity index (χ0n) is 10.9. The third-order valence-electron chi connectivity index (χ3n) is 2.13. The molecule has 0 aromatic heterocycles. The molecule has 0 spiro atoms. The van der Waals surface area contributed by atoms with Crippen molar-refractivity contribution in [2.75, 3.05) is 6.61 Å². The van der Waals surface area contributed by atoms with E-state index in [2.05, 4.69) is 10.1 Å². The van der Waals surface area contributed by atoms with Crippen molar-refractivity contribution in [3.8, 4) is 0 Å². The number of carbonyl (C=O) groups excluding carboxylic acids is 4. The molecule has 18 heavy (non-hydrogen) atoms. The fourth-order valence-electron chi connectivity index (χ4n) is 1.33. The lowest BCUT2D eigenvalue weighted by Gasteiger charge is -2.27. The smallest absolute Gasteiger partial charge is 0.351 e. The van der Waals surface area contributed by atoms with Crippen LogP contribution in [0.1, 0.15) is 34.1 Å². The Hall–Kier alpha value is -1.92. The molecule has 7 nitrogen and oxygen atoms in total. The van der Waals surface area contributed by atoms with Gasteiger partial charge in [0.05, 0.1) is 6.61 Å². The van der Waals surface area contributed by atoms with E-state index < -0.39 is 29.4 Å². The summed E-state index contributed by atoms with van der Waals surface area (Å²) < 4.78 is 9.12. The maximum atomic E-state index is 11.8. The van der Waals surface area contributed by atoms with Crippen LogP contribution < -0.4 is 5.32 Å². The van der Waals surface area contributed by atoms with Crippen LogP contribution in [0.15, 0.2) is 0 Å². The molecule has 0 heterocycles. The zero-order chi connectivity index (χ0) is 14.3. The number of carbonyl (C=O) groups is 4. The summed E-state index contributed by atoms with van der Waals surface area (Å²) in [5.74, 6) is -3.57. The Bertz CT molecular complexity index is 365. The molecule has 7 heteroatoms. The Labute approximate surface area is 105 Å². The van der Waals surface area contributed by atoms with E-state index in [1.54, 1.807) is 6.92 Å². The van der Waals surface area contributed by atoms with E-state index in [1.807, 2.05) is 0 Å². The molecule has 1 N–H and O–H groups in total. The average Bonchev–Trinajstić information content (AvgIpc) is 2.24. The minimum absolute atomic E-state index is 0.0352. The number of esters is 3. The van der Waals surface area contributed by atoms with Gasteiger partial charge in [0.25, 0.3) is 0 Å². The quantitative estimate of drug-likeness (QED) is 0.548. The van der Waals surface area contributed by atoms with Crippen molar-refractivity contribution in [3.05, 3.63) is 0 Å². The predicted octanol–water partition coefficient (Wildman–Crippen LogP) is -0.0759. The predicted molar refractivity (Wildman–Crippen MR) is 60.2 cm³/mol. The Balaban J connectivity index is 5.33. The van der Waals surface area contributed by atoms with E-state index in [1.165, 1.54) is 6.92 Å². The van der Waals surface area contributed by atoms with Gasteiger partial charge in [-0.25, -0.2) is 9.59 Å². The second-order valence-electron chi connectivity index (χ2n) is 3.54. The lowest BCUT2D eigenvalue weighted by Crippen LogP contribution is -2.60. The van der Waals surface area contributed by atoms with Crippen molar-refractivity contribution in [1.29, 1.82) is 0 Å². The Morgan fingerprint density at radius 2 is 1.61 bits per heavy atom. The van der Waals surface area contributed by atoms with Crippen molar-refractivity contribution in [2.24, 2.45) is 0 Å². The largest absolute Gasteiger partial charge is 0.464 e. The van der Waals surface area contributed by atoms with Gasteiger partial charge in [-0.2, -0.15) is 0 Å². The minimum atomic E-state index is -1.98. The van der Waals surface area contributed by atoms with Crippen LogP contribution in [0, 0.1) is 0 Å². The van der Waals surface area contributed by atoms with E-state index >= 15 is 0 Å². The second kappa shape index (κ2) is 6.73. The van der Waals surface area contributed by atoms with Crippen molar-refractivity contribution in [1.82, 2.24) is 5.32 Å². The molecule has 0 aromatic rings. The van der Waals surface area contributed by atoms with Crippen LogP contribution in [0.2, 0.25) is 0 Å². The van der Waals surface area contributed by atoms with Gasteiger partial charge in [-0.3, -0.25) is 9.59 Å². The van der Waals surface area contributed by atoms with Gasteiger partial charge in [0.1, 0.15) is 0 Å². The number of hydrogen-bond donors (Lipinski definition) is 1. The van der Waals surface area contributed by atoms with E-state index in [4.69, 9.17) is 4.74 Å². The molecular formula is C11H17NO6. The summed E-state index contributed by atoms with van der Waals surface area (Å²) >= 11 is 0. The Morgan fingerprint density at radius 3 is 1.94 bits per heavy atom. The fourth-order valence-corrected chi connectivity index (χ4v) is 1.33. The number of rotatable bonds is 5. The summed E-state index contributed by atoms with van der Waals surface area (Å²) in [5, 5.41) is 2.19. The Kier molecular flexibility index (Phi) is 6.01. The summed E-state index contributed by atoms with van der Waals surface area (Å²) in [5.41, 5.74) is -1.98. The molecule has 0 rings (SSSR count). The van der Waals surface area contributed by atoms with Crippen LogP contribution in [-0.4, -0.2) is 36.0 Å². The third-order valence-corrected chi connectivity index (χ3v) is 2.13. The second-order valence-corrected chi connectivity index (χ2v) is 3.54. The summed E-state index contributed by atoms with van der Waals surface area (Å²) in [7, 11) is 0. The maximum absolute atomic E-state index is 11.8. The Morgan fingerprint density at radius 1 is 1.06 bits per heavy atom. The van der Waals surface area contributed by atoms with E-state index in [0.29, 0.717) is 0 Å². The molecular weight excluding hydrogens is 242 g/mol. The lowest BCUT2D eigenvalue weighted by molar-refractivity contribution is -0.172. The highest BCUT2D eigenvalue weighted by Gasteiger charge is 2.49. The molecule has 0 aliphatic heterocycles. The van der Waals surface area contributed by atoms with E-state index in [0.717, 1.165) is 13.8 Å². The molecule has 0 aliphatic rings. The number of nitrogens with one attached hydrogen (secondary N) is 1. The molecule has 0 radical (unpaired) electrons. The third kappa shape index (κ3) is 3.83. The van der Waals surface area contributed by atoms with Gasteiger partial charge in [-0.15, -0.1) is 0 Å². The van der Waals surface area contributed by atoms with Gasteiger partial charge < -0.3 is 14.8 Å². The highest BCUT2D eigenvalue weighted by molar-refractivity contribution is 6.09. The fraction of sp³-hybridized carbons (Fsp3) is 0.636. The van der Waals surface area contributed by atoms with Crippen LogP contribution in [0.4, 0.5) is 0 Å². The average molecular weight is 259 g/mol. The monoisotopic (exact) mass is 259 g/mol. The van der Waals surface area contributed by atoms with Gasteiger partial charge >= 0.3 is 17.9 Å². The first-order valence-corrected chi connectivity index (χ1v) is 5.49. The summed E-state index contributed by atoms with van der Waals surface area (Å²) in [6.45, 7) is 5.26. The van der Waals surface area contributed by atoms with E-state index in [9.17, 15) is 19.2 Å². The molecule has 1 amide bonds. The minimum Gasteiger partial charge on any atom is -0.464 e. The summed E-state index contributed by atoms with van der Waals surface area (Å²) in [4.78, 5) is 45.5. The van der Waals surface area contributed by atoms with Crippen LogP contribution in [0.3, 0.4) is 0 Å². The number of ether oxygens (including phenoxy) is 2. The SMILES string of the molecule is CCOC(=O)C(CC)(NC(C)=O)C(=O)OC(C)=O. The molecule has 0 fully saturated rings. The lowest BCUT2D eigenvalue weighted by atomic mass is 9.96. The van der Waals surface area contributed by atoms with Crippen molar-refractivity contribution in [3.63, 3.8) is 0 Å². The molecule has 1 atom stereocenters. The first-order chi connectivity index (χ1) is 8.30. The van der Waals surface area contributed by atoms with Gasteiger partial charge in [-0.05, 0) is 13.3 Å². The standard InChI is InChI=1S/C11H17NO6/c1-5-11(12-7(3)13,9(15)17-6-2)10(16)18-8(4)14/h5-6H2,1-4H3,(H,12,13). The van der Waals surface area contributed by atoms with Crippen molar-refractivity contribution in [2.45, 2.75) is 39.7 Å². The van der Waals surface area contributed by atoms with Crippen molar-refractivity contribution >= 4 is 23.8 Å². The topological polar surface area (TPSA) is 98.8 Å². The molecule has 1 unspecified atom stereocenters. The maximum Gasteiger partial charge on any atom is 0.351 e. The molecule has 0 bridgehead atoms. The summed E-state index contributed by atoms with van der Waals surface area (Å²) in [6, 6.07) is 0. The number of hydrogen-bond acceptors (Lipinski definition) is 6. The number of amides is 1. The highest BCUT2D eigenvalue weighted by atomic mass is 16.6. The first-order valence-electron chi connectivity index (χ1n) is 5.49. The van der Waals surface area contributed by atoms with Gasteiger partial charge in [-0.1, -0.05) is 6.92 Å². The van der Waals surface area contributed by atoms with Crippen LogP contribution >= 0.6 is 0 Å². The summed E-state index contributed by atoms with van der Waals surface area (Å²) in [6.07, 6.45) is -0.0858. The molecule has 0 aliphatic carbocycles. The van der Waals surface area contributed by atoms with Gasteiger partial charge in [0.2, 0.25) is 11.4 Å². The molecule has 102 valence electrons. The molecule has 0 saturated heterocycles. The normalized spacial score (nSPS) is 13.1. The first kappa shape index (κ1) is 16.1. The van der Waals surface area contributed by atoms with Crippen LogP contribution in [0.5, 0.6) is 0 Å². The van der Waals surface area contributed by atoms with E-state index in [-0.39, 0.29) is 13.0 Å². The van der Waals surface area contributed by atoms with Gasteiger partial charge in [0, 0.05) is 13.8 Å². The van der Waals surface area contributed by atoms with Crippen LogP contribution in [0.25, 0.3) is 0 Å². The van der Waals surface area contributed by atoms with Crippen LogP contribution in [-0.2, 0) is 28.7 Å². The zero-order valence-corrected chi connectivity index (χ0v) is 10.9. The molecule has 0 saturated carbocycles. The van der Waals surface area contributed by atoms with Gasteiger partial charge in [0.15, 0.2) is 0 Å². The van der Waals surface area contributed by atoms with Crippen molar-refractivity contribution < 1.29 is 28.7 Å². The molecule has 0 aromatic carbocycles.